The maximum atomic E-state index is 12.0. The molecule has 0 aliphatic carbocycles. The van der Waals surface area contributed by atoms with Crippen LogP contribution in [-0.4, -0.2) is 24.3 Å². The van der Waals surface area contributed by atoms with E-state index in [2.05, 4.69) is 42.4 Å². The number of phenolic OH excluding ortho intramolecular Hbond substituents is 1. The van der Waals surface area contributed by atoms with Crippen LogP contribution in [0, 0.1) is 0 Å². The normalized spacial score (nSPS) is 10.7. The molecule has 2 rings (SSSR count). The monoisotopic (exact) mass is 426 g/mol. The summed E-state index contributed by atoms with van der Waals surface area (Å²) in [5.74, 6) is 0.0415. The number of nitrogens with one attached hydrogen (secondary N) is 1. The Hall–Kier alpha value is -1.86. The lowest BCUT2D eigenvalue weighted by molar-refractivity contribution is 0.0952. The zero-order valence-corrected chi connectivity index (χ0v) is 14.7. The number of carbonyl (C=O) groups is 1. The van der Waals surface area contributed by atoms with Crippen LogP contribution < -0.4 is 10.2 Å². The van der Waals surface area contributed by atoms with E-state index in [1.807, 2.05) is 18.2 Å². The highest BCUT2D eigenvalue weighted by atomic mass is 79.9. The molecule has 2 aromatic carbocycles. The Balaban J connectivity index is 2.11. The summed E-state index contributed by atoms with van der Waals surface area (Å²) in [6.07, 6.45) is 1.49. The number of aromatic hydroxyl groups is 1. The number of phenols is 1. The van der Waals surface area contributed by atoms with Crippen LogP contribution in [0.5, 0.6) is 11.5 Å². The van der Waals surface area contributed by atoms with Gasteiger partial charge in [-0.3, -0.25) is 4.79 Å². The molecule has 114 valence electrons. The summed E-state index contributed by atoms with van der Waals surface area (Å²) < 4.78 is 6.19. The number of nitrogens with zero attached hydrogens (tertiary/aromatic N) is 1. The average Bonchev–Trinajstić information content (AvgIpc) is 2.51. The first kappa shape index (κ1) is 16.5. The molecule has 0 heterocycles. The first-order valence-corrected chi connectivity index (χ1v) is 7.75. The van der Waals surface area contributed by atoms with Crippen LogP contribution in [0.1, 0.15) is 15.9 Å². The van der Waals surface area contributed by atoms with Crippen molar-refractivity contribution in [2.75, 3.05) is 7.11 Å². The van der Waals surface area contributed by atoms with Crippen molar-refractivity contribution in [2.45, 2.75) is 0 Å². The molecule has 0 aromatic heterocycles. The van der Waals surface area contributed by atoms with Gasteiger partial charge < -0.3 is 9.84 Å². The second-order valence-electron chi connectivity index (χ2n) is 4.26. The van der Waals surface area contributed by atoms with Crippen molar-refractivity contribution in [3.63, 3.8) is 0 Å². The molecule has 0 unspecified atom stereocenters. The highest BCUT2D eigenvalue weighted by Gasteiger charge is 2.14. The number of rotatable bonds is 4. The third kappa shape index (κ3) is 4.08. The van der Waals surface area contributed by atoms with Crippen molar-refractivity contribution >= 4 is 44.0 Å². The molecule has 1 amide bonds. The molecule has 0 saturated heterocycles. The van der Waals surface area contributed by atoms with Gasteiger partial charge in [-0.15, -0.1) is 0 Å². The van der Waals surface area contributed by atoms with Crippen LogP contribution in [0.2, 0.25) is 0 Å². The highest BCUT2D eigenvalue weighted by molar-refractivity contribution is 9.11. The van der Waals surface area contributed by atoms with Crippen molar-refractivity contribution in [3.05, 3.63) is 56.5 Å². The SMILES string of the molecule is COc1cccc(/C=N/NC(=O)c2cc(Br)cc(Br)c2O)c1. The van der Waals surface area contributed by atoms with Gasteiger partial charge >= 0.3 is 0 Å². The van der Waals surface area contributed by atoms with Crippen molar-refractivity contribution in [1.82, 2.24) is 5.43 Å². The van der Waals surface area contributed by atoms with Gasteiger partial charge in [-0.2, -0.15) is 5.10 Å². The minimum Gasteiger partial charge on any atom is -0.506 e. The standard InChI is InChI=1S/C15H12Br2N2O3/c1-22-11-4-2-3-9(5-11)8-18-19-15(21)12-6-10(16)7-13(17)14(12)20/h2-8,20H,1H3,(H,19,21)/b18-8+. The molecule has 2 N–H and O–H groups in total. The van der Waals surface area contributed by atoms with Gasteiger partial charge in [0.25, 0.3) is 5.91 Å². The van der Waals surface area contributed by atoms with Gasteiger partial charge in [0, 0.05) is 4.47 Å². The Bertz CT molecular complexity index is 733. The molecule has 0 aliphatic rings. The van der Waals surface area contributed by atoms with E-state index in [4.69, 9.17) is 4.74 Å². The Morgan fingerprint density at radius 3 is 2.82 bits per heavy atom. The van der Waals surface area contributed by atoms with Gasteiger partial charge in [0.2, 0.25) is 0 Å². The third-order valence-electron chi connectivity index (χ3n) is 2.75. The van der Waals surface area contributed by atoms with Gasteiger partial charge in [-0.1, -0.05) is 28.1 Å². The van der Waals surface area contributed by atoms with Crippen molar-refractivity contribution in [2.24, 2.45) is 5.10 Å². The van der Waals surface area contributed by atoms with E-state index in [0.29, 0.717) is 14.7 Å². The fourth-order valence-electron chi connectivity index (χ4n) is 1.69. The number of methoxy groups -OCH3 is 1. The summed E-state index contributed by atoms with van der Waals surface area (Å²) >= 11 is 6.44. The fraction of sp³-hybridized carbons (Fsp3) is 0.0667. The largest absolute Gasteiger partial charge is 0.506 e. The van der Waals surface area contributed by atoms with E-state index in [9.17, 15) is 9.90 Å². The molecule has 0 fully saturated rings. The quantitative estimate of drug-likeness (QED) is 0.577. The maximum Gasteiger partial charge on any atom is 0.275 e. The van der Waals surface area contributed by atoms with Crippen LogP contribution in [0.15, 0.2) is 50.4 Å². The number of halogens is 2. The van der Waals surface area contributed by atoms with Gasteiger partial charge in [0.15, 0.2) is 0 Å². The fourth-order valence-corrected chi connectivity index (χ4v) is 2.91. The summed E-state index contributed by atoms with van der Waals surface area (Å²) in [4.78, 5) is 12.0. The van der Waals surface area contributed by atoms with E-state index in [-0.39, 0.29) is 11.3 Å². The number of ether oxygens (including phenoxy) is 1. The second kappa shape index (κ2) is 7.42. The predicted molar refractivity (Wildman–Crippen MR) is 91.6 cm³/mol. The van der Waals surface area contributed by atoms with E-state index in [0.717, 1.165) is 5.56 Å². The lowest BCUT2D eigenvalue weighted by atomic mass is 10.2. The summed E-state index contributed by atoms with van der Waals surface area (Å²) in [5, 5.41) is 13.8. The number of hydrazone groups is 1. The van der Waals surface area contributed by atoms with Gasteiger partial charge in [0.1, 0.15) is 11.5 Å². The minimum atomic E-state index is -0.515. The van der Waals surface area contributed by atoms with Crippen LogP contribution in [0.3, 0.4) is 0 Å². The van der Waals surface area contributed by atoms with E-state index >= 15 is 0 Å². The van der Waals surface area contributed by atoms with E-state index in [1.54, 1.807) is 19.2 Å². The number of hydrogen-bond donors (Lipinski definition) is 2. The lowest BCUT2D eigenvalue weighted by Gasteiger charge is -2.06. The molecule has 0 atom stereocenters. The van der Waals surface area contributed by atoms with Crippen molar-refractivity contribution in [3.8, 4) is 11.5 Å². The molecule has 0 bridgehead atoms. The highest BCUT2D eigenvalue weighted by Crippen LogP contribution is 2.31. The Labute approximate surface area is 144 Å². The van der Waals surface area contributed by atoms with Gasteiger partial charge in [-0.25, -0.2) is 5.43 Å². The number of benzene rings is 2. The molecule has 5 nitrogen and oxygen atoms in total. The smallest absolute Gasteiger partial charge is 0.275 e. The first-order valence-electron chi connectivity index (χ1n) is 6.16. The third-order valence-corrected chi connectivity index (χ3v) is 3.81. The summed E-state index contributed by atoms with van der Waals surface area (Å²) in [5.41, 5.74) is 3.26. The Morgan fingerprint density at radius 1 is 1.32 bits per heavy atom. The topological polar surface area (TPSA) is 70.9 Å². The molecule has 7 heteroatoms. The second-order valence-corrected chi connectivity index (χ2v) is 6.03. The van der Waals surface area contributed by atoms with Crippen LogP contribution >= 0.6 is 31.9 Å². The van der Waals surface area contributed by atoms with Gasteiger partial charge in [0.05, 0.1) is 23.4 Å². The predicted octanol–water partition coefficient (Wildman–Crippen LogP) is 3.69. The number of carbonyl (C=O) groups excluding carboxylic acids is 1. The summed E-state index contributed by atoms with van der Waals surface area (Å²) in [6.45, 7) is 0. The summed E-state index contributed by atoms with van der Waals surface area (Å²) in [6, 6.07) is 10.4. The molecule has 0 radical (unpaired) electrons. The number of amides is 1. The maximum absolute atomic E-state index is 12.0. The molecule has 0 spiro atoms. The zero-order valence-electron chi connectivity index (χ0n) is 11.5. The van der Waals surface area contributed by atoms with Gasteiger partial charge in [-0.05, 0) is 45.8 Å². The molecular weight excluding hydrogens is 416 g/mol. The van der Waals surface area contributed by atoms with E-state index < -0.39 is 5.91 Å². The molecule has 0 saturated carbocycles. The summed E-state index contributed by atoms with van der Waals surface area (Å²) in [7, 11) is 1.58. The van der Waals surface area contributed by atoms with Crippen molar-refractivity contribution in [1.29, 1.82) is 0 Å². The first-order chi connectivity index (χ1) is 10.5. The van der Waals surface area contributed by atoms with Crippen LogP contribution in [0.4, 0.5) is 0 Å². The Kier molecular flexibility index (Phi) is 5.57. The average molecular weight is 428 g/mol. The molecule has 22 heavy (non-hydrogen) atoms. The zero-order chi connectivity index (χ0) is 16.1. The molecule has 2 aromatic rings. The van der Waals surface area contributed by atoms with Crippen LogP contribution in [-0.2, 0) is 0 Å². The molecule has 0 aliphatic heterocycles. The van der Waals surface area contributed by atoms with Crippen molar-refractivity contribution < 1.29 is 14.6 Å². The van der Waals surface area contributed by atoms with E-state index in [1.165, 1.54) is 12.3 Å². The number of hydrogen-bond acceptors (Lipinski definition) is 4. The Morgan fingerprint density at radius 2 is 2.09 bits per heavy atom. The lowest BCUT2D eigenvalue weighted by Crippen LogP contribution is -2.17. The minimum absolute atomic E-state index is 0.115. The van der Waals surface area contributed by atoms with Crippen LogP contribution in [0.25, 0.3) is 0 Å². The molecular formula is C15H12Br2N2O3.